The molecule has 0 aliphatic heterocycles. The lowest BCUT2D eigenvalue weighted by Gasteiger charge is -2.31. The highest BCUT2D eigenvalue weighted by Gasteiger charge is 2.28. The highest BCUT2D eigenvalue weighted by Crippen LogP contribution is 2.23. The fourth-order valence-electron chi connectivity index (χ4n) is 3.07. The van der Waals surface area contributed by atoms with Crippen LogP contribution in [0.25, 0.3) is 0 Å². The topological polar surface area (TPSA) is 49.4 Å². The van der Waals surface area contributed by atoms with Gasteiger partial charge in [0.25, 0.3) is 0 Å². The first-order chi connectivity index (χ1) is 14.3. The van der Waals surface area contributed by atoms with Crippen molar-refractivity contribution in [2.75, 3.05) is 12.3 Å². The molecule has 2 amide bonds. The first-order valence-corrected chi connectivity index (χ1v) is 11.7. The van der Waals surface area contributed by atoms with Crippen molar-refractivity contribution in [1.82, 2.24) is 10.2 Å². The third-order valence-electron chi connectivity index (χ3n) is 4.85. The Hall–Kier alpha value is -1.98. The van der Waals surface area contributed by atoms with Crippen LogP contribution in [0.3, 0.4) is 0 Å². The van der Waals surface area contributed by atoms with Crippen molar-refractivity contribution in [3.05, 3.63) is 64.7 Å². The van der Waals surface area contributed by atoms with Crippen molar-refractivity contribution in [2.45, 2.75) is 51.6 Å². The number of nitrogens with one attached hydrogen (secondary N) is 1. The van der Waals surface area contributed by atoms with E-state index < -0.39 is 6.04 Å². The minimum atomic E-state index is -0.498. The summed E-state index contributed by atoms with van der Waals surface area (Å²) in [5.74, 6) is 0.475. The molecule has 162 valence electrons. The van der Waals surface area contributed by atoms with Crippen molar-refractivity contribution in [2.24, 2.45) is 5.92 Å². The molecule has 0 aliphatic carbocycles. The average molecular weight is 447 g/mol. The number of hydrogen-bond donors (Lipinski definition) is 1. The number of benzene rings is 2. The standard InChI is InChI=1S/C24H31ClN2O2S/c1-5-22(24(29)26-14-17(2)3)27(15-19-9-7-6-8-18(19)4)23(28)16-30-21-12-10-20(25)11-13-21/h6-13,17,22H,5,14-16H2,1-4H3,(H,26,29). The van der Waals surface area contributed by atoms with Gasteiger partial charge in [0.2, 0.25) is 11.8 Å². The molecule has 0 heterocycles. The summed E-state index contributed by atoms with van der Waals surface area (Å²) in [5.41, 5.74) is 2.16. The minimum Gasteiger partial charge on any atom is -0.354 e. The maximum absolute atomic E-state index is 13.2. The maximum Gasteiger partial charge on any atom is 0.242 e. The van der Waals surface area contributed by atoms with Crippen LogP contribution in [0.2, 0.25) is 5.02 Å². The first-order valence-electron chi connectivity index (χ1n) is 10.3. The van der Waals surface area contributed by atoms with Crippen LogP contribution in [-0.4, -0.2) is 35.1 Å². The van der Waals surface area contributed by atoms with E-state index in [9.17, 15) is 9.59 Å². The van der Waals surface area contributed by atoms with E-state index in [4.69, 9.17) is 11.6 Å². The highest BCUT2D eigenvalue weighted by atomic mass is 35.5. The van der Waals surface area contributed by atoms with Crippen LogP contribution in [0.1, 0.15) is 38.3 Å². The van der Waals surface area contributed by atoms with Gasteiger partial charge in [-0.2, -0.15) is 0 Å². The number of amides is 2. The fourth-order valence-corrected chi connectivity index (χ4v) is 3.98. The van der Waals surface area contributed by atoms with Gasteiger partial charge in [0.05, 0.1) is 5.75 Å². The number of halogens is 1. The van der Waals surface area contributed by atoms with E-state index in [1.165, 1.54) is 11.8 Å². The lowest BCUT2D eigenvalue weighted by Crippen LogP contribution is -2.50. The summed E-state index contributed by atoms with van der Waals surface area (Å²) in [4.78, 5) is 28.8. The molecule has 0 spiro atoms. The molecule has 6 heteroatoms. The summed E-state index contributed by atoms with van der Waals surface area (Å²) in [6, 6.07) is 14.9. The zero-order valence-corrected chi connectivity index (χ0v) is 19.7. The molecule has 2 aromatic rings. The van der Waals surface area contributed by atoms with Gasteiger partial charge in [0.1, 0.15) is 6.04 Å². The molecule has 2 aromatic carbocycles. The number of aryl methyl sites for hydroxylation is 1. The SMILES string of the molecule is CCC(C(=O)NCC(C)C)N(Cc1ccccc1C)C(=O)CSc1ccc(Cl)cc1. The summed E-state index contributed by atoms with van der Waals surface area (Å²) >= 11 is 7.40. The van der Waals surface area contributed by atoms with Crippen LogP contribution >= 0.6 is 23.4 Å². The van der Waals surface area contributed by atoms with Crippen LogP contribution in [0.4, 0.5) is 0 Å². The lowest BCUT2D eigenvalue weighted by atomic mass is 10.1. The second-order valence-corrected chi connectivity index (χ2v) is 9.24. The number of hydrogen-bond acceptors (Lipinski definition) is 3. The van der Waals surface area contributed by atoms with Crippen molar-refractivity contribution in [3.8, 4) is 0 Å². The summed E-state index contributed by atoms with van der Waals surface area (Å²) in [6.07, 6.45) is 0.563. The molecule has 30 heavy (non-hydrogen) atoms. The maximum atomic E-state index is 13.2. The Morgan fingerprint density at radius 1 is 1.10 bits per heavy atom. The summed E-state index contributed by atoms with van der Waals surface area (Å²) in [5, 5.41) is 3.66. The smallest absolute Gasteiger partial charge is 0.242 e. The van der Waals surface area contributed by atoms with E-state index in [2.05, 4.69) is 19.2 Å². The number of rotatable bonds is 10. The van der Waals surface area contributed by atoms with Crippen molar-refractivity contribution >= 4 is 35.2 Å². The molecule has 0 saturated carbocycles. The third kappa shape index (κ3) is 7.37. The molecule has 0 radical (unpaired) electrons. The Bertz CT molecular complexity index is 839. The van der Waals surface area contributed by atoms with Gasteiger partial charge in [0, 0.05) is 23.0 Å². The lowest BCUT2D eigenvalue weighted by molar-refractivity contribution is -0.139. The number of thioether (sulfide) groups is 1. The van der Waals surface area contributed by atoms with Crippen LogP contribution in [0.5, 0.6) is 0 Å². The molecule has 1 atom stereocenters. The molecular weight excluding hydrogens is 416 g/mol. The van der Waals surface area contributed by atoms with Gasteiger partial charge >= 0.3 is 0 Å². The Balaban J connectivity index is 2.19. The highest BCUT2D eigenvalue weighted by molar-refractivity contribution is 8.00. The zero-order valence-electron chi connectivity index (χ0n) is 18.2. The summed E-state index contributed by atoms with van der Waals surface area (Å²) in [7, 11) is 0. The van der Waals surface area contributed by atoms with Crippen LogP contribution in [0, 0.1) is 12.8 Å². The Labute approximate surface area is 189 Å². The third-order valence-corrected chi connectivity index (χ3v) is 6.10. The predicted molar refractivity (Wildman–Crippen MR) is 126 cm³/mol. The normalized spacial score (nSPS) is 11.9. The monoisotopic (exact) mass is 446 g/mol. The number of carbonyl (C=O) groups excluding carboxylic acids is 2. The molecular formula is C24H31ClN2O2S. The van der Waals surface area contributed by atoms with Crippen LogP contribution < -0.4 is 5.32 Å². The second kappa shape index (κ2) is 12.0. The molecule has 2 rings (SSSR count). The Morgan fingerprint density at radius 3 is 2.37 bits per heavy atom. The summed E-state index contributed by atoms with van der Waals surface area (Å²) in [6.45, 7) is 9.10. The van der Waals surface area contributed by atoms with Crippen LogP contribution in [-0.2, 0) is 16.1 Å². The first kappa shape index (κ1) is 24.3. The second-order valence-electron chi connectivity index (χ2n) is 7.75. The van der Waals surface area contributed by atoms with Crippen molar-refractivity contribution in [3.63, 3.8) is 0 Å². The van der Waals surface area contributed by atoms with Crippen LogP contribution in [0.15, 0.2) is 53.4 Å². The number of carbonyl (C=O) groups is 2. The van der Waals surface area contributed by atoms with E-state index in [0.29, 0.717) is 30.5 Å². The van der Waals surface area contributed by atoms with E-state index in [-0.39, 0.29) is 17.6 Å². The minimum absolute atomic E-state index is 0.0512. The molecule has 0 bridgehead atoms. The zero-order chi connectivity index (χ0) is 22.1. The fraction of sp³-hybridized carbons (Fsp3) is 0.417. The van der Waals surface area contributed by atoms with Gasteiger partial charge in [-0.25, -0.2) is 0 Å². The predicted octanol–water partition coefficient (Wildman–Crippen LogP) is 5.32. The van der Waals surface area contributed by atoms with Crippen molar-refractivity contribution < 1.29 is 9.59 Å². The molecule has 4 nitrogen and oxygen atoms in total. The average Bonchev–Trinajstić information content (AvgIpc) is 2.72. The van der Waals surface area contributed by atoms with E-state index in [1.54, 1.807) is 4.90 Å². The Morgan fingerprint density at radius 2 is 1.77 bits per heavy atom. The molecule has 1 N–H and O–H groups in total. The van der Waals surface area contributed by atoms with Gasteiger partial charge in [-0.1, -0.05) is 56.6 Å². The molecule has 0 saturated heterocycles. The van der Waals surface area contributed by atoms with E-state index in [1.807, 2.05) is 62.4 Å². The molecule has 0 aromatic heterocycles. The quantitative estimate of drug-likeness (QED) is 0.502. The van der Waals surface area contributed by atoms with E-state index in [0.717, 1.165) is 16.0 Å². The van der Waals surface area contributed by atoms with Gasteiger partial charge in [-0.05, 0) is 54.7 Å². The molecule has 0 fully saturated rings. The number of nitrogens with zero attached hydrogens (tertiary/aromatic N) is 1. The van der Waals surface area contributed by atoms with Gasteiger partial charge < -0.3 is 10.2 Å². The molecule has 1 unspecified atom stereocenters. The van der Waals surface area contributed by atoms with Gasteiger partial charge in [-0.15, -0.1) is 11.8 Å². The van der Waals surface area contributed by atoms with Crippen molar-refractivity contribution in [1.29, 1.82) is 0 Å². The largest absolute Gasteiger partial charge is 0.354 e. The van der Waals surface area contributed by atoms with E-state index >= 15 is 0 Å². The van der Waals surface area contributed by atoms with Gasteiger partial charge in [-0.3, -0.25) is 9.59 Å². The summed E-state index contributed by atoms with van der Waals surface area (Å²) < 4.78 is 0. The molecule has 0 aliphatic rings. The Kier molecular flexibility index (Phi) is 9.73. The van der Waals surface area contributed by atoms with Gasteiger partial charge in [0.15, 0.2) is 0 Å².